The molecule has 1 unspecified atom stereocenters. The SMILES string of the molecule is COC(=O)c1ccc2nc(NC(=O)C(Br)C(C)C)sc2c1. The number of benzene rings is 1. The molecular formula is C14H15BrN2O3S. The van der Waals surface area contributed by atoms with Gasteiger partial charge in [-0.1, -0.05) is 41.1 Å². The van der Waals surface area contributed by atoms with Crippen molar-refractivity contribution in [2.75, 3.05) is 12.4 Å². The van der Waals surface area contributed by atoms with E-state index in [1.54, 1.807) is 18.2 Å². The van der Waals surface area contributed by atoms with Crippen LogP contribution >= 0.6 is 27.3 Å². The number of aromatic nitrogens is 1. The first-order valence-electron chi connectivity index (χ1n) is 6.36. The molecule has 0 aliphatic carbocycles. The van der Waals surface area contributed by atoms with Gasteiger partial charge in [-0.2, -0.15) is 0 Å². The lowest BCUT2D eigenvalue weighted by Crippen LogP contribution is -2.26. The first-order valence-corrected chi connectivity index (χ1v) is 8.09. The number of hydrogen-bond donors (Lipinski definition) is 1. The summed E-state index contributed by atoms with van der Waals surface area (Å²) in [4.78, 5) is 27.5. The van der Waals surface area contributed by atoms with Gasteiger partial charge in [-0.25, -0.2) is 9.78 Å². The molecule has 1 atom stereocenters. The lowest BCUT2D eigenvalue weighted by Gasteiger charge is -2.11. The molecule has 112 valence electrons. The monoisotopic (exact) mass is 370 g/mol. The Kier molecular flexibility index (Phi) is 4.95. The van der Waals surface area contributed by atoms with Crippen LogP contribution in [0.4, 0.5) is 5.13 Å². The van der Waals surface area contributed by atoms with Crippen LogP contribution in [0.15, 0.2) is 18.2 Å². The van der Waals surface area contributed by atoms with Crippen LogP contribution < -0.4 is 5.32 Å². The highest BCUT2D eigenvalue weighted by Crippen LogP contribution is 2.27. The normalized spacial score (nSPS) is 12.4. The summed E-state index contributed by atoms with van der Waals surface area (Å²) < 4.78 is 5.51. The molecule has 0 fully saturated rings. The minimum Gasteiger partial charge on any atom is -0.465 e. The molecule has 1 aromatic carbocycles. The van der Waals surface area contributed by atoms with Crippen LogP contribution in [0.25, 0.3) is 10.2 Å². The van der Waals surface area contributed by atoms with Gasteiger partial charge in [0.1, 0.15) is 0 Å². The summed E-state index contributed by atoms with van der Waals surface area (Å²) in [5.41, 5.74) is 1.20. The Labute approximate surface area is 134 Å². The molecule has 0 spiro atoms. The molecule has 0 aliphatic rings. The van der Waals surface area contributed by atoms with E-state index in [4.69, 9.17) is 0 Å². The van der Waals surface area contributed by atoms with Gasteiger partial charge in [-0.15, -0.1) is 0 Å². The third-order valence-electron chi connectivity index (χ3n) is 2.88. The summed E-state index contributed by atoms with van der Waals surface area (Å²) in [6.07, 6.45) is 0. The second-order valence-electron chi connectivity index (χ2n) is 4.83. The van der Waals surface area contributed by atoms with Crippen molar-refractivity contribution >= 4 is 54.5 Å². The number of alkyl halides is 1. The zero-order chi connectivity index (χ0) is 15.6. The number of carbonyl (C=O) groups excluding carboxylic acids is 2. The molecular weight excluding hydrogens is 356 g/mol. The standard InChI is InChI=1S/C14H15BrN2O3S/c1-7(2)11(15)12(18)17-14-16-9-5-4-8(13(19)20-3)6-10(9)21-14/h4-7,11H,1-3H3,(H,16,17,18). The van der Waals surface area contributed by atoms with Crippen molar-refractivity contribution in [3.63, 3.8) is 0 Å². The van der Waals surface area contributed by atoms with Gasteiger partial charge >= 0.3 is 5.97 Å². The lowest BCUT2D eigenvalue weighted by atomic mass is 10.1. The Morgan fingerprint density at radius 1 is 1.38 bits per heavy atom. The smallest absolute Gasteiger partial charge is 0.337 e. The molecule has 21 heavy (non-hydrogen) atoms. The van der Waals surface area contributed by atoms with Gasteiger partial charge in [0.2, 0.25) is 5.91 Å². The molecule has 1 aromatic heterocycles. The second kappa shape index (κ2) is 6.53. The van der Waals surface area contributed by atoms with E-state index in [1.165, 1.54) is 18.4 Å². The van der Waals surface area contributed by atoms with Crippen LogP contribution in [-0.4, -0.2) is 28.8 Å². The van der Waals surface area contributed by atoms with Crippen LogP contribution in [0.2, 0.25) is 0 Å². The summed E-state index contributed by atoms with van der Waals surface area (Å²) in [5.74, 6) is -0.334. The van der Waals surface area contributed by atoms with Crippen molar-refractivity contribution < 1.29 is 14.3 Å². The number of ether oxygens (including phenoxy) is 1. The van der Waals surface area contributed by atoms with Gasteiger partial charge in [-0.05, 0) is 24.1 Å². The largest absolute Gasteiger partial charge is 0.465 e. The molecule has 7 heteroatoms. The number of rotatable bonds is 4. The minimum absolute atomic E-state index is 0.128. The highest BCUT2D eigenvalue weighted by atomic mass is 79.9. The van der Waals surface area contributed by atoms with Crippen LogP contribution in [0.3, 0.4) is 0 Å². The molecule has 5 nitrogen and oxygen atoms in total. The summed E-state index contributed by atoms with van der Waals surface area (Å²) in [6, 6.07) is 5.10. The maximum atomic E-state index is 12.0. The number of fused-ring (bicyclic) bond motifs is 1. The van der Waals surface area contributed by atoms with E-state index in [9.17, 15) is 9.59 Å². The molecule has 0 radical (unpaired) electrons. The third kappa shape index (κ3) is 3.59. The lowest BCUT2D eigenvalue weighted by molar-refractivity contribution is -0.116. The number of nitrogens with one attached hydrogen (secondary N) is 1. The van der Waals surface area contributed by atoms with Crippen molar-refractivity contribution in [1.82, 2.24) is 4.98 Å². The number of hydrogen-bond acceptors (Lipinski definition) is 5. The van der Waals surface area contributed by atoms with E-state index < -0.39 is 5.97 Å². The van der Waals surface area contributed by atoms with Crippen LogP contribution in [0.5, 0.6) is 0 Å². The third-order valence-corrected chi connectivity index (χ3v) is 5.28. The molecule has 0 saturated carbocycles. The van der Waals surface area contributed by atoms with E-state index in [2.05, 4.69) is 31.0 Å². The molecule has 0 bridgehead atoms. The zero-order valence-corrected chi connectivity index (χ0v) is 14.2. The molecule has 1 heterocycles. The summed E-state index contributed by atoms with van der Waals surface area (Å²) in [7, 11) is 1.34. The predicted octanol–water partition coefficient (Wildman–Crippen LogP) is 3.44. The molecule has 2 aromatic rings. The number of methoxy groups -OCH3 is 1. The fourth-order valence-electron chi connectivity index (χ4n) is 1.70. The maximum Gasteiger partial charge on any atom is 0.337 e. The Hall–Kier alpha value is -1.47. The van der Waals surface area contributed by atoms with Crippen molar-refractivity contribution in [1.29, 1.82) is 0 Å². The van der Waals surface area contributed by atoms with E-state index in [0.29, 0.717) is 10.7 Å². The van der Waals surface area contributed by atoms with Crippen molar-refractivity contribution in [3.8, 4) is 0 Å². The second-order valence-corrected chi connectivity index (χ2v) is 6.85. The Morgan fingerprint density at radius 3 is 2.71 bits per heavy atom. The van der Waals surface area contributed by atoms with Gasteiger partial charge in [0, 0.05) is 0 Å². The fourth-order valence-corrected chi connectivity index (χ4v) is 2.72. The van der Waals surface area contributed by atoms with Crippen molar-refractivity contribution in [2.24, 2.45) is 5.92 Å². The van der Waals surface area contributed by atoms with Gasteiger partial charge < -0.3 is 10.1 Å². The summed E-state index contributed by atoms with van der Waals surface area (Å²) in [5, 5.41) is 3.30. The Balaban J connectivity index is 2.23. The molecule has 2 rings (SSSR count). The van der Waals surface area contributed by atoms with Crippen molar-refractivity contribution in [2.45, 2.75) is 18.7 Å². The van der Waals surface area contributed by atoms with Gasteiger partial charge in [0.05, 0.1) is 27.7 Å². The van der Waals surface area contributed by atoms with E-state index in [1.807, 2.05) is 13.8 Å². The van der Waals surface area contributed by atoms with Crippen LogP contribution in [0, 0.1) is 5.92 Å². The quantitative estimate of drug-likeness (QED) is 0.660. The molecule has 1 N–H and O–H groups in total. The number of nitrogens with zero attached hydrogens (tertiary/aromatic N) is 1. The van der Waals surface area contributed by atoms with E-state index in [0.717, 1.165) is 10.2 Å². The molecule has 1 amide bonds. The highest BCUT2D eigenvalue weighted by Gasteiger charge is 2.20. The zero-order valence-electron chi connectivity index (χ0n) is 11.8. The number of thiazole rings is 1. The number of esters is 1. The molecule has 0 saturated heterocycles. The Morgan fingerprint density at radius 2 is 2.10 bits per heavy atom. The van der Waals surface area contributed by atoms with Gasteiger partial charge in [0.15, 0.2) is 5.13 Å². The van der Waals surface area contributed by atoms with Crippen LogP contribution in [-0.2, 0) is 9.53 Å². The van der Waals surface area contributed by atoms with Gasteiger partial charge in [0.25, 0.3) is 0 Å². The average molecular weight is 371 g/mol. The molecule has 0 aliphatic heterocycles. The number of carbonyl (C=O) groups is 2. The minimum atomic E-state index is -0.392. The Bertz CT molecular complexity index is 684. The van der Waals surface area contributed by atoms with Crippen molar-refractivity contribution in [3.05, 3.63) is 23.8 Å². The first kappa shape index (κ1) is 15.9. The van der Waals surface area contributed by atoms with Crippen LogP contribution in [0.1, 0.15) is 24.2 Å². The highest BCUT2D eigenvalue weighted by molar-refractivity contribution is 9.10. The summed E-state index contributed by atoms with van der Waals surface area (Å²) >= 11 is 4.68. The predicted molar refractivity (Wildman–Crippen MR) is 87.1 cm³/mol. The number of halogens is 1. The topological polar surface area (TPSA) is 68.3 Å². The number of amides is 1. The van der Waals surface area contributed by atoms with E-state index in [-0.39, 0.29) is 16.7 Å². The maximum absolute atomic E-state index is 12.0. The van der Waals surface area contributed by atoms with Gasteiger partial charge in [-0.3, -0.25) is 4.79 Å². The average Bonchev–Trinajstić information content (AvgIpc) is 2.86. The first-order chi connectivity index (χ1) is 9.92. The fraction of sp³-hybridized carbons (Fsp3) is 0.357. The summed E-state index contributed by atoms with van der Waals surface area (Å²) in [6.45, 7) is 3.92. The number of anilines is 1. The van der Waals surface area contributed by atoms with E-state index >= 15 is 0 Å².